The lowest BCUT2D eigenvalue weighted by atomic mass is 10.2. The minimum atomic E-state index is 0.761. The summed E-state index contributed by atoms with van der Waals surface area (Å²) in [5.41, 5.74) is 2.49. The maximum atomic E-state index is 4.78. The summed E-state index contributed by atoms with van der Waals surface area (Å²) in [6, 6.07) is 11.2. The Labute approximate surface area is 112 Å². The molecule has 0 bridgehead atoms. The monoisotopic (exact) mass is 258 g/mol. The van der Waals surface area contributed by atoms with Crippen LogP contribution in [0.3, 0.4) is 0 Å². The lowest BCUT2D eigenvalue weighted by Crippen LogP contribution is -2.15. The van der Waals surface area contributed by atoms with Crippen molar-refractivity contribution < 1.29 is 0 Å². The molecule has 1 fully saturated rings. The van der Waals surface area contributed by atoms with Gasteiger partial charge in [0, 0.05) is 23.0 Å². The molecule has 2 aromatic rings. The van der Waals surface area contributed by atoms with E-state index in [4.69, 9.17) is 4.98 Å². The number of hydrogen-bond acceptors (Lipinski definition) is 3. The molecule has 0 amide bonds. The molecule has 0 aliphatic heterocycles. The van der Waals surface area contributed by atoms with E-state index in [0.29, 0.717) is 0 Å². The second-order valence-corrected chi connectivity index (χ2v) is 5.85. The molecule has 94 valence electrons. The molecule has 1 aromatic carbocycles. The summed E-state index contributed by atoms with van der Waals surface area (Å²) in [6.07, 6.45) is 3.70. The average molecular weight is 258 g/mol. The van der Waals surface area contributed by atoms with Crippen LogP contribution in [0.5, 0.6) is 0 Å². The molecule has 0 atom stereocenters. The van der Waals surface area contributed by atoms with Gasteiger partial charge < -0.3 is 5.32 Å². The minimum absolute atomic E-state index is 0.761. The van der Waals surface area contributed by atoms with Gasteiger partial charge in [-0.15, -0.1) is 11.3 Å². The first-order valence-electron chi connectivity index (χ1n) is 6.64. The Balaban J connectivity index is 1.82. The van der Waals surface area contributed by atoms with Gasteiger partial charge in [0.15, 0.2) is 0 Å². The van der Waals surface area contributed by atoms with Crippen LogP contribution in [0.2, 0.25) is 0 Å². The molecule has 0 saturated heterocycles. The maximum Gasteiger partial charge on any atom is 0.123 e. The van der Waals surface area contributed by atoms with E-state index >= 15 is 0 Å². The van der Waals surface area contributed by atoms with Crippen LogP contribution in [0.1, 0.15) is 30.3 Å². The van der Waals surface area contributed by atoms with Crippen molar-refractivity contribution in [3.05, 3.63) is 40.9 Å². The quantitative estimate of drug-likeness (QED) is 0.886. The zero-order valence-corrected chi connectivity index (χ0v) is 11.5. The van der Waals surface area contributed by atoms with Crippen molar-refractivity contribution in [3.63, 3.8) is 0 Å². The van der Waals surface area contributed by atoms with Crippen LogP contribution >= 0.6 is 11.3 Å². The van der Waals surface area contributed by atoms with Gasteiger partial charge >= 0.3 is 0 Å². The summed E-state index contributed by atoms with van der Waals surface area (Å²) in [6.45, 7) is 3.17. The second kappa shape index (κ2) is 5.21. The van der Waals surface area contributed by atoms with Crippen LogP contribution in [0.4, 0.5) is 0 Å². The third kappa shape index (κ3) is 2.62. The van der Waals surface area contributed by atoms with Crippen LogP contribution in [-0.2, 0) is 13.0 Å². The van der Waals surface area contributed by atoms with Crippen molar-refractivity contribution in [2.45, 2.75) is 38.8 Å². The van der Waals surface area contributed by atoms with E-state index in [-0.39, 0.29) is 0 Å². The van der Waals surface area contributed by atoms with Gasteiger partial charge in [-0.1, -0.05) is 37.3 Å². The van der Waals surface area contributed by atoms with Crippen LogP contribution in [0.25, 0.3) is 10.6 Å². The largest absolute Gasteiger partial charge is 0.309 e. The Morgan fingerprint density at radius 3 is 2.72 bits per heavy atom. The third-order valence-electron chi connectivity index (χ3n) is 3.26. The second-order valence-electron chi connectivity index (χ2n) is 4.76. The highest BCUT2D eigenvalue weighted by molar-refractivity contribution is 7.15. The van der Waals surface area contributed by atoms with E-state index in [1.54, 1.807) is 0 Å². The lowest BCUT2D eigenvalue weighted by molar-refractivity contribution is 0.689. The summed E-state index contributed by atoms with van der Waals surface area (Å²) in [7, 11) is 0. The van der Waals surface area contributed by atoms with E-state index in [1.165, 1.54) is 29.0 Å². The van der Waals surface area contributed by atoms with Crippen LogP contribution in [-0.4, -0.2) is 11.0 Å². The predicted octanol–water partition coefficient (Wildman–Crippen LogP) is 3.62. The van der Waals surface area contributed by atoms with Crippen molar-refractivity contribution >= 4 is 11.3 Å². The number of benzene rings is 1. The molecule has 1 heterocycles. The number of thiazole rings is 1. The normalized spacial score (nSPS) is 14.9. The van der Waals surface area contributed by atoms with E-state index in [2.05, 4.69) is 36.5 Å². The van der Waals surface area contributed by atoms with Gasteiger partial charge in [-0.05, 0) is 19.3 Å². The molecule has 0 spiro atoms. The fourth-order valence-electron chi connectivity index (χ4n) is 2.03. The summed E-state index contributed by atoms with van der Waals surface area (Å²) in [4.78, 5) is 6.18. The summed E-state index contributed by atoms with van der Waals surface area (Å²) in [5, 5.41) is 4.74. The zero-order chi connectivity index (χ0) is 12.4. The van der Waals surface area contributed by atoms with Crippen molar-refractivity contribution in [1.29, 1.82) is 0 Å². The molecule has 0 radical (unpaired) electrons. The molecular formula is C15H18N2S. The van der Waals surface area contributed by atoms with Crippen LogP contribution in [0.15, 0.2) is 30.3 Å². The predicted molar refractivity (Wildman–Crippen MR) is 76.8 cm³/mol. The summed E-state index contributed by atoms with van der Waals surface area (Å²) < 4.78 is 0. The minimum Gasteiger partial charge on any atom is -0.309 e. The van der Waals surface area contributed by atoms with Crippen molar-refractivity contribution in [2.24, 2.45) is 0 Å². The van der Waals surface area contributed by atoms with E-state index in [1.807, 2.05) is 17.4 Å². The van der Waals surface area contributed by atoms with Crippen molar-refractivity contribution in [3.8, 4) is 10.6 Å². The molecule has 3 rings (SSSR count). The summed E-state index contributed by atoms with van der Waals surface area (Å²) >= 11 is 1.83. The van der Waals surface area contributed by atoms with Crippen LogP contribution < -0.4 is 5.32 Å². The average Bonchev–Trinajstić information content (AvgIpc) is 3.16. The zero-order valence-electron chi connectivity index (χ0n) is 10.6. The van der Waals surface area contributed by atoms with Gasteiger partial charge in [0.05, 0.1) is 5.69 Å². The highest BCUT2D eigenvalue weighted by atomic mass is 32.1. The van der Waals surface area contributed by atoms with Gasteiger partial charge in [-0.25, -0.2) is 4.98 Å². The van der Waals surface area contributed by atoms with Crippen LogP contribution in [0, 0.1) is 0 Å². The molecule has 1 aromatic heterocycles. The number of nitrogens with one attached hydrogen (secondary N) is 1. The van der Waals surface area contributed by atoms with E-state index < -0.39 is 0 Å². The molecule has 3 heteroatoms. The topological polar surface area (TPSA) is 24.9 Å². The first-order chi connectivity index (χ1) is 8.86. The van der Waals surface area contributed by atoms with Gasteiger partial charge in [-0.2, -0.15) is 0 Å². The van der Waals surface area contributed by atoms with E-state index in [9.17, 15) is 0 Å². The highest BCUT2D eigenvalue weighted by Crippen LogP contribution is 2.29. The smallest absolute Gasteiger partial charge is 0.123 e. The highest BCUT2D eigenvalue weighted by Gasteiger charge is 2.21. The number of aromatic nitrogens is 1. The van der Waals surface area contributed by atoms with Gasteiger partial charge in [0.1, 0.15) is 5.01 Å². The first kappa shape index (κ1) is 11.9. The Kier molecular flexibility index (Phi) is 3.43. The summed E-state index contributed by atoms with van der Waals surface area (Å²) in [5.74, 6) is 0. The third-order valence-corrected chi connectivity index (χ3v) is 4.41. The standard InChI is InChI=1S/C15H18N2S/c1-2-13-14(10-16-12-8-9-12)18-15(17-13)11-6-4-3-5-7-11/h3-7,12,16H,2,8-10H2,1H3. The maximum absolute atomic E-state index is 4.78. The fraction of sp³-hybridized carbons (Fsp3) is 0.400. The van der Waals surface area contributed by atoms with Crippen molar-refractivity contribution in [1.82, 2.24) is 10.3 Å². The number of nitrogens with zero attached hydrogens (tertiary/aromatic N) is 1. The van der Waals surface area contributed by atoms with Crippen molar-refractivity contribution in [2.75, 3.05) is 0 Å². The molecule has 1 N–H and O–H groups in total. The Morgan fingerprint density at radius 1 is 1.28 bits per heavy atom. The number of hydrogen-bond donors (Lipinski definition) is 1. The van der Waals surface area contributed by atoms with E-state index in [0.717, 1.165) is 24.0 Å². The SMILES string of the molecule is CCc1nc(-c2ccccc2)sc1CNC1CC1. The Bertz CT molecular complexity index is 515. The van der Waals surface area contributed by atoms with Gasteiger partial charge in [0.25, 0.3) is 0 Å². The molecular weight excluding hydrogens is 240 g/mol. The Morgan fingerprint density at radius 2 is 2.06 bits per heavy atom. The Hall–Kier alpha value is -1.19. The first-order valence-corrected chi connectivity index (χ1v) is 7.46. The molecule has 18 heavy (non-hydrogen) atoms. The molecule has 1 aliphatic rings. The van der Waals surface area contributed by atoms with Gasteiger partial charge in [0.2, 0.25) is 0 Å². The molecule has 0 unspecified atom stereocenters. The molecule has 1 aliphatic carbocycles. The van der Waals surface area contributed by atoms with Gasteiger partial charge in [-0.3, -0.25) is 0 Å². The molecule has 1 saturated carbocycles. The number of rotatable bonds is 5. The lowest BCUT2D eigenvalue weighted by Gasteiger charge is -2.00. The molecule has 2 nitrogen and oxygen atoms in total. The fourth-order valence-corrected chi connectivity index (χ4v) is 3.13. The number of aryl methyl sites for hydroxylation is 1.